The van der Waals surface area contributed by atoms with Crippen LogP contribution >= 0.6 is 0 Å². The molecule has 0 aliphatic heterocycles. The highest BCUT2D eigenvalue weighted by atomic mass is 16.5. The molecular formula is C20H30O2. The standard InChI is InChI=1S/C20H30O2/c1-9-11-22-18-15(19(3,4)5)12-14(17(21)10-2)13-16(18)20(6,7)8/h10,12-13H,2,9,11H2,1,3-8H3. The van der Waals surface area contributed by atoms with Crippen LogP contribution in [0.15, 0.2) is 24.8 Å². The molecule has 0 fully saturated rings. The molecule has 0 radical (unpaired) electrons. The quantitative estimate of drug-likeness (QED) is 0.535. The summed E-state index contributed by atoms with van der Waals surface area (Å²) in [7, 11) is 0. The van der Waals surface area contributed by atoms with Crippen LogP contribution in [0.25, 0.3) is 0 Å². The van der Waals surface area contributed by atoms with E-state index in [4.69, 9.17) is 4.74 Å². The first-order chi connectivity index (χ1) is 10.0. The fourth-order valence-corrected chi connectivity index (χ4v) is 2.36. The zero-order valence-electron chi connectivity index (χ0n) is 15.2. The smallest absolute Gasteiger partial charge is 0.185 e. The summed E-state index contributed by atoms with van der Waals surface area (Å²) >= 11 is 0. The second kappa shape index (κ2) is 6.68. The van der Waals surface area contributed by atoms with Gasteiger partial charge in [0.05, 0.1) is 6.61 Å². The molecule has 0 amide bonds. The van der Waals surface area contributed by atoms with E-state index in [2.05, 4.69) is 55.0 Å². The maximum Gasteiger partial charge on any atom is 0.185 e. The van der Waals surface area contributed by atoms with Crippen LogP contribution in [0.1, 0.15) is 76.4 Å². The zero-order chi connectivity index (χ0) is 17.1. The summed E-state index contributed by atoms with van der Waals surface area (Å²) in [6.07, 6.45) is 2.33. The van der Waals surface area contributed by atoms with E-state index in [1.165, 1.54) is 6.08 Å². The van der Waals surface area contributed by atoms with Crippen LogP contribution in [0, 0.1) is 0 Å². The Morgan fingerprint density at radius 2 is 1.55 bits per heavy atom. The molecule has 0 spiro atoms. The van der Waals surface area contributed by atoms with E-state index < -0.39 is 0 Å². The summed E-state index contributed by atoms with van der Waals surface area (Å²) in [5, 5.41) is 0. The van der Waals surface area contributed by atoms with Gasteiger partial charge in [0.25, 0.3) is 0 Å². The van der Waals surface area contributed by atoms with Crippen molar-refractivity contribution in [2.45, 2.75) is 65.7 Å². The van der Waals surface area contributed by atoms with Gasteiger partial charge < -0.3 is 4.74 Å². The van der Waals surface area contributed by atoms with Crippen LogP contribution in [-0.2, 0) is 10.8 Å². The van der Waals surface area contributed by atoms with Crippen LogP contribution < -0.4 is 4.74 Å². The molecule has 0 aromatic heterocycles. The van der Waals surface area contributed by atoms with E-state index in [1.54, 1.807) is 0 Å². The Morgan fingerprint density at radius 1 is 1.09 bits per heavy atom. The number of ketones is 1. The van der Waals surface area contributed by atoms with Crippen LogP contribution in [0.4, 0.5) is 0 Å². The predicted molar refractivity (Wildman–Crippen MR) is 94.2 cm³/mol. The third-order valence-electron chi connectivity index (χ3n) is 3.63. The molecule has 0 aliphatic rings. The number of allylic oxidation sites excluding steroid dienone is 1. The lowest BCUT2D eigenvalue weighted by molar-refractivity contribution is 0.104. The van der Waals surface area contributed by atoms with Crippen molar-refractivity contribution in [3.05, 3.63) is 41.5 Å². The molecule has 0 aliphatic carbocycles. The van der Waals surface area contributed by atoms with Gasteiger partial charge in [0.2, 0.25) is 0 Å². The Bertz CT molecular complexity index is 519. The van der Waals surface area contributed by atoms with Gasteiger partial charge in [0, 0.05) is 16.7 Å². The van der Waals surface area contributed by atoms with Crippen LogP contribution in [-0.4, -0.2) is 12.4 Å². The highest BCUT2D eigenvalue weighted by Gasteiger charge is 2.28. The number of ether oxygens (including phenoxy) is 1. The number of hydrogen-bond donors (Lipinski definition) is 0. The molecule has 0 saturated heterocycles. The van der Waals surface area contributed by atoms with Crippen LogP contribution in [0.3, 0.4) is 0 Å². The molecule has 0 bridgehead atoms. The van der Waals surface area contributed by atoms with Crippen molar-refractivity contribution in [3.63, 3.8) is 0 Å². The highest BCUT2D eigenvalue weighted by Crippen LogP contribution is 2.41. The normalized spacial score (nSPS) is 12.1. The largest absolute Gasteiger partial charge is 0.493 e. The molecule has 22 heavy (non-hydrogen) atoms. The van der Waals surface area contributed by atoms with Crippen molar-refractivity contribution in [2.75, 3.05) is 6.61 Å². The van der Waals surface area contributed by atoms with Gasteiger partial charge >= 0.3 is 0 Å². The van der Waals surface area contributed by atoms with Crippen molar-refractivity contribution in [1.29, 1.82) is 0 Å². The van der Waals surface area contributed by atoms with E-state index >= 15 is 0 Å². The maximum absolute atomic E-state index is 12.1. The highest BCUT2D eigenvalue weighted by molar-refractivity contribution is 6.04. The molecule has 1 aromatic carbocycles. The SMILES string of the molecule is C=CC(=O)c1cc(C(C)(C)C)c(OCCC)c(C(C)(C)C)c1. The number of hydrogen-bond acceptors (Lipinski definition) is 2. The van der Waals surface area contributed by atoms with Crippen molar-refractivity contribution in [2.24, 2.45) is 0 Å². The third-order valence-corrected chi connectivity index (χ3v) is 3.63. The molecule has 0 atom stereocenters. The first kappa shape index (κ1) is 18.5. The Kier molecular flexibility index (Phi) is 5.61. The molecule has 1 rings (SSSR count). The number of carbonyl (C=O) groups is 1. The molecule has 0 unspecified atom stereocenters. The number of rotatable bonds is 5. The van der Waals surface area contributed by atoms with Gasteiger partial charge in [-0.25, -0.2) is 0 Å². The minimum atomic E-state index is -0.0967. The first-order valence-electron chi connectivity index (χ1n) is 8.01. The molecule has 2 nitrogen and oxygen atoms in total. The molecule has 0 heterocycles. The predicted octanol–water partition coefficient (Wildman–Crippen LogP) is 5.44. The number of carbonyl (C=O) groups excluding carboxylic acids is 1. The van der Waals surface area contributed by atoms with E-state index in [-0.39, 0.29) is 16.6 Å². The summed E-state index contributed by atoms with van der Waals surface area (Å²) in [6, 6.07) is 3.93. The zero-order valence-corrected chi connectivity index (χ0v) is 15.2. The molecule has 2 heteroatoms. The van der Waals surface area contributed by atoms with Gasteiger partial charge in [0.1, 0.15) is 5.75 Å². The Morgan fingerprint density at radius 3 is 1.86 bits per heavy atom. The average Bonchev–Trinajstić information content (AvgIpc) is 2.41. The minimum Gasteiger partial charge on any atom is -0.493 e. The Balaban J connectivity index is 3.69. The maximum atomic E-state index is 12.1. The van der Waals surface area contributed by atoms with Gasteiger partial charge in [-0.1, -0.05) is 55.0 Å². The third kappa shape index (κ3) is 4.22. The Hall–Kier alpha value is -1.57. The fourth-order valence-electron chi connectivity index (χ4n) is 2.36. The molecular weight excluding hydrogens is 272 g/mol. The molecule has 122 valence electrons. The van der Waals surface area contributed by atoms with E-state index in [0.717, 1.165) is 23.3 Å². The van der Waals surface area contributed by atoms with Gasteiger partial charge in [-0.05, 0) is 35.5 Å². The number of benzene rings is 1. The summed E-state index contributed by atoms with van der Waals surface area (Å²) in [4.78, 5) is 12.1. The van der Waals surface area contributed by atoms with Gasteiger partial charge in [-0.15, -0.1) is 0 Å². The van der Waals surface area contributed by atoms with E-state index in [9.17, 15) is 4.79 Å². The summed E-state index contributed by atoms with van der Waals surface area (Å²) in [5.74, 6) is 0.889. The van der Waals surface area contributed by atoms with Crippen molar-refractivity contribution in [3.8, 4) is 5.75 Å². The molecule has 0 N–H and O–H groups in total. The lowest BCUT2D eigenvalue weighted by Crippen LogP contribution is -2.21. The molecule has 0 saturated carbocycles. The molecule has 1 aromatic rings. The van der Waals surface area contributed by atoms with Crippen molar-refractivity contribution >= 4 is 5.78 Å². The second-order valence-electron chi connectivity index (χ2n) is 7.82. The van der Waals surface area contributed by atoms with E-state index in [1.807, 2.05) is 12.1 Å². The summed E-state index contributed by atoms with van der Waals surface area (Å²) < 4.78 is 6.10. The first-order valence-corrected chi connectivity index (χ1v) is 8.01. The minimum absolute atomic E-state index is 0.0435. The van der Waals surface area contributed by atoms with Gasteiger partial charge in [-0.2, -0.15) is 0 Å². The topological polar surface area (TPSA) is 26.3 Å². The average molecular weight is 302 g/mol. The second-order valence-corrected chi connectivity index (χ2v) is 7.82. The van der Waals surface area contributed by atoms with Crippen molar-refractivity contribution in [1.82, 2.24) is 0 Å². The van der Waals surface area contributed by atoms with Crippen LogP contribution in [0.2, 0.25) is 0 Å². The summed E-state index contributed by atoms with van der Waals surface area (Å²) in [5.41, 5.74) is 2.66. The van der Waals surface area contributed by atoms with Gasteiger partial charge in [0.15, 0.2) is 5.78 Å². The Labute approximate surface area is 135 Å². The lowest BCUT2D eigenvalue weighted by atomic mass is 9.78. The van der Waals surface area contributed by atoms with Crippen molar-refractivity contribution < 1.29 is 9.53 Å². The monoisotopic (exact) mass is 302 g/mol. The van der Waals surface area contributed by atoms with Crippen LogP contribution in [0.5, 0.6) is 5.75 Å². The fraction of sp³-hybridized carbons (Fsp3) is 0.550. The lowest BCUT2D eigenvalue weighted by Gasteiger charge is -2.30. The summed E-state index contributed by atoms with van der Waals surface area (Å²) in [6.45, 7) is 19.3. The van der Waals surface area contributed by atoms with E-state index in [0.29, 0.717) is 12.2 Å². The van der Waals surface area contributed by atoms with Gasteiger partial charge in [-0.3, -0.25) is 4.79 Å².